The quantitative estimate of drug-likeness (QED) is 0.852. The maximum Gasteiger partial charge on any atom is 0.255 e. The molecule has 0 radical (unpaired) electrons. The molecule has 1 saturated carbocycles. The summed E-state index contributed by atoms with van der Waals surface area (Å²) in [6.07, 6.45) is 3.31. The van der Waals surface area contributed by atoms with E-state index in [1.807, 2.05) is 6.07 Å². The van der Waals surface area contributed by atoms with Crippen molar-refractivity contribution in [3.63, 3.8) is 0 Å². The third-order valence-corrected chi connectivity index (χ3v) is 4.70. The highest BCUT2D eigenvalue weighted by Gasteiger charge is 2.45. The normalized spacial score (nSPS) is 24.2. The number of ether oxygens (including phenoxy) is 1. The van der Waals surface area contributed by atoms with E-state index in [1.165, 1.54) is 6.42 Å². The summed E-state index contributed by atoms with van der Waals surface area (Å²) < 4.78 is 5.87. The summed E-state index contributed by atoms with van der Waals surface area (Å²) >= 11 is 0. The molecule has 114 valence electrons. The minimum absolute atomic E-state index is 0.0620. The van der Waals surface area contributed by atoms with Crippen molar-refractivity contribution in [2.24, 2.45) is 5.73 Å². The molecule has 0 bridgehead atoms. The van der Waals surface area contributed by atoms with Gasteiger partial charge in [0, 0.05) is 19.6 Å². The third-order valence-electron chi connectivity index (χ3n) is 4.70. The van der Waals surface area contributed by atoms with Gasteiger partial charge in [-0.25, -0.2) is 0 Å². The van der Waals surface area contributed by atoms with Crippen LogP contribution in [0.15, 0.2) is 30.3 Å². The second kappa shape index (κ2) is 5.40. The molecule has 1 spiro atoms. The van der Waals surface area contributed by atoms with Crippen LogP contribution >= 0.6 is 0 Å². The third kappa shape index (κ3) is 2.69. The van der Waals surface area contributed by atoms with Gasteiger partial charge in [0.05, 0.1) is 12.2 Å². The van der Waals surface area contributed by atoms with Crippen molar-refractivity contribution in [1.82, 2.24) is 4.90 Å². The number of hydrogen-bond donors (Lipinski definition) is 2. The van der Waals surface area contributed by atoms with Crippen molar-refractivity contribution >= 4 is 5.91 Å². The number of amides is 1. The SMILES string of the molecule is NC(=O)C(O)(CN1CCOC2(CCC2)C1)c1ccccc1. The Morgan fingerprint density at radius 3 is 2.67 bits per heavy atom. The van der Waals surface area contributed by atoms with E-state index in [-0.39, 0.29) is 12.1 Å². The lowest BCUT2D eigenvalue weighted by atomic mass is 9.78. The molecule has 1 heterocycles. The van der Waals surface area contributed by atoms with E-state index in [4.69, 9.17) is 10.5 Å². The zero-order chi connectivity index (χ0) is 14.9. The number of carbonyl (C=O) groups is 1. The Hall–Kier alpha value is -1.43. The van der Waals surface area contributed by atoms with Gasteiger partial charge in [-0.15, -0.1) is 0 Å². The van der Waals surface area contributed by atoms with Gasteiger partial charge in [-0.1, -0.05) is 30.3 Å². The number of carbonyl (C=O) groups excluding carboxylic acids is 1. The Morgan fingerprint density at radius 1 is 1.38 bits per heavy atom. The van der Waals surface area contributed by atoms with Crippen LogP contribution in [0.4, 0.5) is 0 Å². The molecule has 2 fully saturated rings. The number of aliphatic hydroxyl groups is 1. The van der Waals surface area contributed by atoms with Gasteiger partial charge in [-0.3, -0.25) is 9.69 Å². The smallest absolute Gasteiger partial charge is 0.255 e. The molecule has 3 N–H and O–H groups in total. The molecule has 1 atom stereocenters. The first-order chi connectivity index (χ1) is 10.0. The van der Waals surface area contributed by atoms with Crippen LogP contribution < -0.4 is 5.73 Å². The lowest BCUT2D eigenvalue weighted by Crippen LogP contribution is -2.59. The summed E-state index contributed by atoms with van der Waals surface area (Å²) in [5.41, 5.74) is 4.32. The number of primary amides is 1. The number of nitrogens with two attached hydrogens (primary N) is 1. The number of benzene rings is 1. The molecule has 1 aliphatic carbocycles. The first-order valence-corrected chi connectivity index (χ1v) is 7.48. The summed E-state index contributed by atoms with van der Waals surface area (Å²) in [6.45, 7) is 2.33. The second-order valence-electron chi connectivity index (χ2n) is 6.19. The molecule has 1 amide bonds. The molecule has 0 aromatic heterocycles. The van der Waals surface area contributed by atoms with Crippen LogP contribution in [-0.2, 0) is 15.1 Å². The number of morpholine rings is 1. The fourth-order valence-electron chi connectivity index (χ4n) is 3.28. The first kappa shape index (κ1) is 14.5. The van der Waals surface area contributed by atoms with E-state index >= 15 is 0 Å². The zero-order valence-electron chi connectivity index (χ0n) is 12.1. The van der Waals surface area contributed by atoms with Crippen molar-refractivity contribution in [3.05, 3.63) is 35.9 Å². The van der Waals surface area contributed by atoms with Gasteiger partial charge in [0.15, 0.2) is 5.60 Å². The fourth-order valence-corrected chi connectivity index (χ4v) is 3.28. The van der Waals surface area contributed by atoms with Crippen molar-refractivity contribution in [2.45, 2.75) is 30.5 Å². The lowest BCUT2D eigenvalue weighted by Gasteiger charge is -2.49. The van der Waals surface area contributed by atoms with Crippen LogP contribution in [0.5, 0.6) is 0 Å². The van der Waals surface area contributed by atoms with E-state index in [0.29, 0.717) is 18.7 Å². The van der Waals surface area contributed by atoms with Crippen molar-refractivity contribution in [1.29, 1.82) is 0 Å². The van der Waals surface area contributed by atoms with E-state index in [2.05, 4.69) is 4.90 Å². The van der Waals surface area contributed by atoms with Gasteiger partial charge in [0.2, 0.25) is 0 Å². The van der Waals surface area contributed by atoms with E-state index in [9.17, 15) is 9.90 Å². The van der Waals surface area contributed by atoms with Crippen LogP contribution in [0.3, 0.4) is 0 Å². The summed E-state index contributed by atoms with van der Waals surface area (Å²) in [5.74, 6) is -0.706. The van der Waals surface area contributed by atoms with Crippen molar-refractivity contribution in [3.8, 4) is 0 Å². The molecule has 5 heteroatoms. The van der Waals surface area contributed by atoms with Gasteiger partial charge in [0.1, 0.15) is 0 Å². The average molecular weight is 290 g/mol. The molecule has 1 saturated heterocycles. The number of hydrogen-bond acceptors (Lipinski definition) is 4. The highest BCUT2D eigenvalue weighted by atomic mass is 16.5. The average Bonchev–Trinajstić information content (AvgIpc) is 2.46. The van der Waals surface area contributed by atoms with Crippen molar-refractivity contribution in [2.75, 3.05) is 26.2 Å². The molecular formula is C16H22N2O3. The summed E-state index contributed by atoms with van der Waals surface area (Å²) in [7, 11) is 0. The standard InChI is InChI=1S/C16H22N2O3/c17-14(19)16(20,13-5-2-1-3-6-13)12-18-9-10-21-15(11-18)7-4-8-15/h1-3,5-6,20H,4,7-12H2,(H2,17,19). The largest absolute Gasteiger partial charge is 0.374 e. The maximum absolute atomic E-state index is 11.9. The Bertz CT molecular complexity index is 516. The number of rotatable bonds is 4. The fraction of sp³-hybridized carbons (Fsp3) is 0.562. The van der Waals surface area contributed by atoms with Gasteiger partial charge in [0.25, 0.3) is 5.91 Å². The number of β-amino-alcohol motifs (C(OH)–C–C–N with tert-alkyl or cyclic N) is 1. The van der Waals surface area contributed by atoms with E-state index in [1.54, 1.807) is 24.3 Å². The van der Waals surface area contributed by atoms with Crippen LogP contribution in [0, 0.1) is 0 Å². The Morgan fingerprint density at radius 2 is 2.10 bits per heavy atom. The highest BCUT2D eigenvalue weighted by molar-refractivity contribution is 5.85. The molecule has 1 aliphatic heterocycles. The van der Waals surface area contributed by atoms with Gasteiger partial charge in [-0.2, -0.15) is 0 Å². The molecule has 2 aliphatic rings. The van der Waals surface area contributed by atoms with E-state index < -0.39 is 11.5 Å². The highest BCUT2D eigenvalue weighted by Crippen LogP contribution is 2.38. The summed E-state index contributed by atoms with van der Waals surface area (Å²) in [5, 5.41) is 10.8. The first-order valence-electron chi connectivity index (χ1n) is 7.48. The topological polar surface area (TPSA) is 75.8 Å². The van der Waals surface area contributed by atoms with Crippen LogP contribution in [-0.4, -0.2) is 47.8 Å². The molecule has 3 rings (SSSR count). The molecular weight excluding hydrogens is 268 g/mol. The summed E-state index contributed by atoms with van der Waals surface area (Å²) in [4.78, 5) is 14.0. The molecule has 1 unspecified atom stereocenters. The van der Waals surface area contributed by atoms with Crippen LogP contribution in [0.1, 0.15) is 24.8 Å². The Kier molecular flexibility index (Phi) is 3.73. The van der Waals surface area contributed by atoms with Crippen LogP contribution in [0.25, 0.3) is 0 Å². The van der Waals surface area contributed by atoms with E-state index in [0.717, 1.165) is 19.4 Å². The maximum atomic E-state index is 11.9. The molecule has 21 heavy (non-hydrogen) atoms. The minimum atomic E-state index is -1.65. The molecule has 5 nitrogen and oxygen atoms in total. The minimum Gasteiger partial charge on any atom is -0.374 e. The number of nitrogens with zero attached hydrogens (tertiary/aromatic N) is 1. The Balaban J connectivity index is 1.78. The second-order valence-corrected chi connectivity index (χ2v) is 6.19. The monoisotopic (exact) mass is 290 g/mol. The zero-order valence-corrected chi connectivity index (χ0v) is 12.1. The lowest BCUT2D eigenvalue weighted by molar-refractivity contribution is -0.166. The van der Waals surface area contributed by atoms with Gasteiger partial charge in [-0.05, 0) is 24.8 Å². The molecule has 1 aromatic carbocycles. The summed E-state index contributed by atoms with van der Waals surface area (Å²) in [6, 6.07) is 8.93. The van der Waals surface area contributed by atoms with Crippen molar-refractivity contribution < 1.29 is 14.6 Å². The predicted octanol–water partition coefficient (Wildman–Crippen LogP) is 0.614. The van der Waals surface area contributed by atoms with Gasteiger partial charge < -0.3 is 15.6 Å². The Labute approximate surface area is 124 Å². The molecule has 1 aromatic rings. The van der Waals surface area contributed by atoms with Gasteiger partial charge >= 0.3 is 0 Å². The predicted molar refractivity (Wildman–Crippen MR) is 78.5 cm³/mol. The van der Waals surface area contributed by atoms with Crippen LogP contribution in [0.2, 0.25) is 0 Å².